The molecule has 0 spiro atoms. The van der Waals surface area contributed by atoms with Crippen LogP contribution in [0.5, 0.6) is 5.75 Å². The van der Waals surface area contributed by atoms with Crippen molar-refractivity contribution in [1.29, 1.82) is 0 Å². The second-order valence-electron chi connectivity index (χ2n) is 5.62. The summed E-state index contributed by atoms with van der Waals surface area (Å²) in [5.74, 6) is 0.915. The van der Waals surface area contributed by atoms with E-state index in [1.165, 1.54) is 50.5 Å². The maximum absolute atomic E-state index is 6.54. The summed E-state index contributed by atoms with van der Waals surface area (Å²) in [6, 6.07) is 6.24. The van der Waals surface area contributed by atoms with Gasteiger partial charge >= 0.3 is 0 Å². The first-order valence-electron chi connectivity index (χ1n) is 7.97. The Bertz CT molecular complexity index is 376. The number of benzene rings is 1. The van der Waals surface area contributed by atoms with E-state index in [4.69, 9.17) is 16.3 Å². The normalized spacial score (nSPS) is 12.4. The van der Waals surface area contributed by atoms with Gasteiger partial charge in [0, 0.05) is 5.56 Å². The van der Waals surface area contributed by atoms with Crippen LogP contribution < -0.4 is 4.74 Å². The molecule has 0 amide bonds. The van der Waals surface area contributed by atoms with Crippen molar-refractivity contribution < 1.29 is 4.74 Å². The van der Waals surface area contributed by atoms with E-state index in [-0.39, 0.29) is 5.38 Å². The maximum Gasteiger partial charge on any atom is 0.123 e. The van der Waals surface area contributed by atoms with E-state index in [1.54, 1.807) is 7.11 Å². The molecule has 0 saturated heterocycles. The molecule has 0 N–H and O–H groups in total. The van der Waals surface area contributed by atoms with Crippen molar-refractivity contribution in [2.45, 2.75) is 70.6 Å². The summed E-state index contributed by atoms with van der Waals surface area (Å²) in [6.07, 6.45) is 10.3. The number of unbranched alkanes of at least 4 members (excludes halogenated alkanes) is 6. The molecule has 1 aromatic rings. The quantitative estimate of drug-likeness (QED) is 0.357. The Morgan fingerprint density at radius 2 is 1.70 bits per heavy atom. The summed E-state index contributed by atoms with van der Waals surface area (Å²) in [4.78, 5) is 0. The lowest BCUT2D eigenvalue weighted by Gasteiger charge is -2.14. The lowest BCUT2D eigenvalue weighted by atomic mass is 10.0. The number of alkyl halides is 1. The highest BCUT2D eigenvalue weighted by Crippen LogP contribution is 2.34. The molecule has 0 aliphatic rings. The SMILES string of the molecule is CCCCCCCCCC(Cl)c1cc(C)ccc1OC. The monoisotopic (exact) mass is 296 g/mol. The van der Waals surface area contributed by atoms with E-state index in [2.05, 4.69) is 26.0 Å². The molecule has 0 fully saturated rings. The molecule has 20 heavy (non-hydrogen) atoms. The molecule has 0 aliphatic heterocycles. The molecule has 0 radical (unpaired) electrons. The van der Waals surface area contributed by atoms with Crippen molar-refractivity contribution in [2.24, 2.45) is 0 Å². The van der Waals surface area contributed by atoms with E-state index >= 15 is 0 Å². The third-order valence-electron chi connectivity index (χ3n) is 3.78. The van der Waals surface area contributed by atoms with Gasteiger partial charge in [-0.05, 0) is 19.4 Å². The van der Waals surface area contributed by atoms with Crippen molar-refractivity contribution in [3.63, 3.8) is 0 Å². The minimum atomic E-state index is 0.0699. The van der Waals surface area contributed by atoms with E-state index in [0.717, 1.165) is 17.7 Å². The number of hydrogen-bond acceptors (Lipinski definition) is 1. The van der Waals surface area contributed by atoms with Crippen molar-refractivity contribution in [3.8, 4) is 5.75 Å². The average molecular weight is 297 g/mol. The fraction of sp³-hybridized carbons (Fsp3) is 0.667. The van der Waals surface area contributed by atoms with Crippen LogP contribution in [0.3, 0.4) is 0 Å². The average Bonchev–Trinajstić information content (AvgIpc) is 2.46. The van der Waals surface area contributed by atoms with Gasteiger partial charge in [-0.1, -0.05) is 69.6 Å². The molecule has 2 heteroatoms. The highest BCUT2D eigenvalue weighted by Gasteiger charge is 2.13. The van der Waals surface area contributed by atoms with Gasteiger partial charge in [-0.15, -0.1) is 11.6 Å². The van der Waals surface area contributed by atoms with Crippen molar-refractivity contribution in [1.82, 2.24) is 0 Å². The Balaban J connectivity index is 2.32. The molecular weight excluding hydrogens is 268 g/mol. The molecule has 0 saturated carbocycles. The summed E-state index contributed by atoms with van der Waals surface area (Å²) in [5.41, 5.74) is 2.38. The van der Waals surface area contributed by atoms with Crippen molar-refractivity contribution >= 4 is 11.6 Å². The zero-order chi connectivity index (χ0) is 14.8. The molecule has 0 heterocycles. The minimum Gasteiger partial charge on any atom is -0.496 e. The van der Waals surface area contributed by atoms with E-state index in [1.807, 2.05) is 6.07 Å². The predicted octanol–water partition coefficient (Wildman–Crippen LogP) is 6.42. The van der Waals surface area contributed by atoms with Gasteiger partial charge in [-0.25, -0.2) is 0 Å². The van der Waals surface area contributed by atoms with Crippen LogP contribution in [0.2, 0.25) is 0 Å². The third kappa shape index (κ3) is 6.17. The molecule has 1 rings (SSSR count). The Morgan fingerprint density at radius 3 is 2.35 bits per heavy atom. The van der Waals surface area contributed by atoms with Crippen LogP contribution in [0, 0.1) is 6.92 Å². The van der Waals surface area contributed by atoms with Gasteiger partial charge in [0.1, 0.15) is 5.75 Å². The topological polar surface area (TPSA) is 9.23 Å². The fourth-order valence-corrected chi connectivity index (χ4v) is 2.86. The third-order valence-corrected chi connectivity index (χ3v) is 4.24. The van der Waals surface area contributed by atoms with E-state index in [0.29, 0.717) is 0 Å². The van der Waals surface area contributed by atoms with Gasteiger partial charge in [0.15, 0.2) is 0 Å². The number of ether oxygens (including phenoxy) is 1. The van der Waals surface area contributed by atoms with Crippen LogP contribution in [0.4, 0.5) is 0 Å². The molecular formula is C18H29ClO. The Morgan fingerprint density at radius 1 is 1.05 bits per heavy atom. The first kappa shape index (κ1) is 17.4. The summed E-state index contributed by atoms with van der Waals surface area (Å²) in [7, 11) is 1.71. The molecule has 0 aliphatic carbocycles. The predicted molar refractivity (Wildman–Crippen MR) is 88.9 cm³/mol. The van der Waals surface area contributed by atoms with E-state index < -0.39 is 0 Å². The van der Waals surface area contributed by atoms with Gasteiger partial charge < -0.3 is 4.74 Å². The largest absolute Gasteiger partial charge is 0.496 e. The molecule has 0 bridgehead atoms. The van der Waals surface area contributed by atoms with E-state index in [9.17, 15) is 0 Å². The Labute approximate surface area is 129 Å². The Hall–Kier alpha value is -0.690. The first-order valence-corrected chi connectivity index (χ1v) is 8.41. The number of halogens is 1. The number of rotatable bonds is 10. The highest BCUT2D eigenvalue weighted by atomic mass is 35.5. The van der Waals surface area contributed by atoms with Crippen molar-refractivity contribution in [2.75, 3.05) is 7.11 Å². The molecule has 114 valence electrons. The number of aryl methyl sites for hydroxylation is 1. The minimum absolute atomic E-state index is 0.0699. The lowest BCUT2D eigenvalue weighted by molar-refractivity contribution is 0.408. The number of hydrogen-bond donors (Lipinski definition) is 0. The lowest BCUT2D eigenvalue weighted by Crippen LogP contribution is -1.97. The van der Waals surface area contributed by atoms with Crippen LogP contribution >= 0.6 is 11.6 Å². The van der Waals surface area contributed by atoms with Crippen molar-refractivity contribution in [3.05, 3.63) is 29.3 Å². The second-order valence-corrected chi connectivity index (χ2v) is 6.15. The van der Waals surface area contributed by atoms with Gasteiger partial charge in [0.25, 0.3) is 0 Å². The fourth-order valence-electron chi connectivity index (χ4n) is 2.53. The van der Waals surface area contributed by atoms with Crippen LogP contribution in [-0.2, 0) is 0 Å². The van der Waals surface area contributed by atoms with Gasteiger partial charge in [0.05, 0.1) is 12.5 Å². The highest BCUT2D eigenvalue weighted by molar-refractivity contribution is 6.21. The summed E-state index contributed by atoms with van der Waals surface area (Å²) < 4.78 is 5.41. The summed E-state index contributed by atoms with van der Waals surface area (Å²) in [6.45, 7) is 4.35. The zero-order valence-corrected chi connectivity index (χ0v) is 14.0. The molecule has 1 aromatic carbocycles. The standard InChI is InChI=1S/C18H29ClO/c1-4-5-6-7-8-9-10-11-17(19)16-14-15(2)12-13-18(16)20-3/h12-14,17H,4-11H2,1-3H3. The van der Waals surface area contributed by atoms with Gasteiger partial charge in [-0.2, -0.15) is 0 Å². The zero-order valence-electron chi connectivity index (χ0n) is 13.3. The van der Waals surface area contributed by atoms with Crippen LogP contribution in [0.15, 0.2) is 18.2 Å². The van der Waals surface area contributed by atoms with Crippen LogP contribution in [0.1, 0.15) is 74.8 Å². The Kier molecular flexibility index (Phi) is 8.77. The number of methoxy groups -OCH3 is 1. The van der Waals surface area contributed by atoms with Gasteiger partial charge in [0.2, 0.25) is 0 Å². The second kappa shape index (κ2) is 10.1. The van der Waals surface area contributed by atoms with Gasteiger partial charge in [-0.3, -0.25) is 0 Å². The van der Waals surface area contributed by atoms with Crippen LogP contribution in [0.25, 0.3) is 0 Å². The molecule has 1 unspecified atom stereocenters. The molecule has 1 atom stereocenters. The van der Waals surface area contributed by atoms with Crippen LogP contribution in [-0.4, -0.2) is 7.11 Å². The maximum atomic E-state index is 6.54. The summed E-state index contributed by atoms with van der Waals surface area (Å²) in [5, 5.41) is 0.0699. The summed E-state index contributed by atoms with van der Waals surface area (Å²) >= 11 is 6.54. The smallest absolute Gasteiger partial charge is 0.123 e. The molecule has 1 nitrogen and oxygen atoms in total. The molecule has 0 aromatic heterocycles. The first-order chi connectivity index (χ1) is 9.69.